The van der Waals surface area contributed by atoms with Gasteiger partial charge in [0.1, 0.15) is 0 Å². The molecule has 0 aliphatic carbocycles. The molecule has 0 bridgehead atoms. The number of anilines is 1. The highest BCUT2D eigenvalue weighted by molar-refractivity contribution is 5.99. The zero-order valence-corrected chi connectivity index (χ0v) is 11.7. The second-order valence-electron chi connectivity index (χ2n) is 4.93. The molecule has 0 saturated carbocycles. The first-order chi connectivity index (χ1) is 9.63. The molecule has 1 unspecified atom stereocenters. The Hall–Kier alpha value is -2.04. The normalized spacial score (nSPS) is 18.6. The molecule has 2 rings (SSSR count). The van der Waals surface area contributed by atoms with Crippen LogP contribution in [0.2, 0.25) is 0 Å². The Labute approximate surface area is 118 Å². The number of amides is 1. The van der Waals surface area contributed by atoms with Crippen molar-refractivity contribution >= 4 is 17.6 Å². The summed E-state index contributed by atoms with van der Waals surface area (Å²) in [4.78, 5) is 25.9. The molecule has 1 aromatic rings. The van der Waals surface area contributed by atoms with Crippen LogP contribution in [-0.4, -0.2) is 36.5 Å². The Balaban J connectivity index is 2.07. The number of hydrogen-bond donors (Lipinski definition) is 1. The van der Waals surface area contributed by atoms with Crippen LogP contribution in [0.25, 0.3) is 0 Å². The molecule has 0 radical (unpaired) electrons. The highest BCUT2D eigenvalue weighted by atomic mass is 16.5. The number of esters is 1. The maximum absolute atomic E-state index is 12.4. The summed E-state index contributed by atoms with van der Waals surface area (Å²) in [6.45, 7) is 3.22. The van der Waals surface area contributed by atoms with Crippen molar-refractivity contribution in [2.24, 2.45) is 5.92 Å². The van der Waals surface area contributed by atoms with E-state index in [0.29, 0.717) is 30.9 Å². The topological polar surface area (TPSA) is 72.6 Å². The molecule has 1 amide bonds. The Morgan fingerprint density at radius 3 is 2.85 bits per heavy atom. The maximum Gasteiger partial charge on any atom is 0.310 e. The highest BCUT2D eigenvalue weighted by Crippen LogP contribution is 2.21. The van der Waals surface area contributed by atoms with E-state index in [4.69, 9.17) is 10.5 Å². The molecule has 0 spiro atoms. The van der Waals surface area contributed by atoms with Gasteiger partial charge in [-0.3, -0.25) is 9.59 Å². The third kappa shape index (κ3) is 3.10. The Morgan fingerprint density at radius 2 is 2.15 bits per heavy atom. The van der Waals surface area contributed by atoms with Gasteiger partial charge >= 0.3 is 5.97 Å². The van der Waals surface area contributed by atoms with E-state index in [1.165, 1.54) is 0 Å². The van der Waals surface area contributed by atoms with Gasteiger partial charge in [-0.25, -0.2) is 0 Å². The molecule has 1 atom stereocenters. The number of piperidine rings is 1. The maximum atomic E-state index is 12.4. The molecule has 2 N–H and O–H groups in total. The van der Waals surface area contributed by atoms with Crippen molar-refractivity contribution in [1.82, 2.24) is 4.90 Å². The lowest BCUT2D eigenvalue weighted by molar-refractivity contribution is -0.149. The Bertz CT molecular complexity index is 502. The minimum absolute atomic E-state index is 0.114. The fourth-order valence-electron chi connectivity index (χ4n) is 2.48. The van der Waals surface area contributed by atoms with Gasteiger partial charge in [0.2, 0.25) is 0 Å². The summed E-state index contributed by atoms with van der Waals surface area (Å²) in [6.07, 6.45) is 1.58. The monoisotopic (exact) mass is 276 g/mol. The summed E-state index contributed by atoms with van der Waals surface area (Å²) in [5.74, 6) is -0.555. The summed E-state index contributed by atoms with van der Waals surface area (Å²) < 4.78 is 5.04. The first kappa shape index (κ1) is 14.4. The smallest absolute Gasteiger partial charge is 0.310 e. The van der Waals surface area contributed by atoms with Crippen LogP contribution in [-0.2, 0) is 9.53 Å². The van der Waals surface area contributed by atoms with Crippen molar-refractivity contribution in [2.75, 3.05) is 25.4 Å². The molecule has 1 heterocycles. The minimum Gasteiger partial charge on any atom is -0.466 e. The molecule has 1 aliphatic rings. The van der Waals surface area contributed by atoms with Crippen molar-refractivity contribution < 1.29 is 14.3 Å². The summed E-state index contributed by atoms with van der Waals surface area (Å²) in [5, 5.41) is 0. The molecule has 1 aromatic carbocycles. The Morgan fingerprint density at radius 1 is 1.40 bits per heavy atom. The van der Waals surface area contributed by atoms with Crippen LogP contribution < -0.4 is 5.73 Å². The lowest BCUT2D eigenvalue weighted by Gasteiger charge is -2.31. The van der Waals surface area contributed by atoms with Gasteiger partial charge in [-0.1, -0.05) is 12.1 Å². The lowest BCUT2D eigenvalue weighted by atomic mass is 9.97. The number of benzene rings is 1. The van der Waals surface area contributed by atoms with Crippen molar-refractivity contribution in [2.45, 2.75) is 19.8 Å². The van der Waals surface area contributed by atoms with Crippen molar-refractivity contribution in [3.05, 3.63) is 29.8 Å². The van der Waals surface area contributed by atoms with E-state index in [0.717, 1.165) is 12.8 Å². The van der Waals surface area contributed by atoms with Crippen LogP contribution in [0, 0.1) is 5.92 Å². The number of para-hydroxylation sites is 1. The average Bonchev–Trinajstić information content (AvgIpc) is 2.47. The van der Waals surface area contributed by atoms with E-state index in [-0.39, 0.29) is 17.8 Å². The van der Waals surface area contributed by atoms with E-state index < -0.39 is 0 Å². The van der Waals surface area contributed by atoms with Crippen LogP contribution >= 0.6 is 0 Å². The molecular formula is C15H20N2O3. The van der Waals surface area contributed by atoms with Gasteiger partial charge in [-0.2, -0.15) is 0 Å². The first-order valence-electron chi connectivity index (χ1n) is 6.94. The summed E-state index contributed by atoms with van der Waals surface area (Å²) in [7, 11) is 0. The number of nitrogen functional groups attached to an aromatic ring is 1. The van der Waals surface area contributed by atoms with Crippen molar-refractivity contribution in [3.63, 3.8) is 0 Å². The van der Waals surface area contributed by atoms with Crippen LogP contribution in [0.4, 0.5) is 5.69 Å². The van der Waals surface area contributed by atoms with Gasteiger partial charge in [0.25, 0.3) is 5.91 Å². The predicted molar refractivity (Wildman–Crippen MR) is 76.1 cm³/mol. The summed E-state index contributed by atoms with van der Waals surface area (Å²) >= 11 is 0. The average molecular weight is 276 g/mol. The van der Waals surface area contributed by atoms with Crippen LogP contribution in [0.3, 0.4) is 0 Å². The molecule has 5 heteroatoms. The standard InChI is InChI=1S/C15H20N2O3/c1-2-20-15(19)11-6-5-9-17(10-11)14(18)12-7-3-4-8-13(12)16/h3-4,7-8,11H,2,5-6,9-10,16H2,1H3. The van der Waals surface area contributed by atoms with Gasteiger partial charge < -0.3 is 15.4 Å². The molecule has 20 heavy (non-hydrogen) atoms. The number of rotatable bonds is 3. The second-order valence-corrected chi connectivity index (χ2v) is 4.93. The fraction of sp³-hybridized carbons (Fsp3) is 0.467. The third-order valence-electron chi connectivity index (χ3n) is 3.52. The molecule has 1 saturated heterocycles. The first-order valence-corrected chi connectivity index (χ1v) is 6.94. The number of ether oxygens (including phenoxy) is 1. The van der Waals surface area contributed by atoms with Gasteiger partial charge in [0.05, 0.1) is 18.1 Å². The number of nitrogens with two attached hydrogens (primary N) is 1. The van der Waals surface area contributed by atoms with Gasteiger partial charge in [0, 0.05) is 18.8 Å². The van der Waals surface area contributed by atoms with Crippen molar-refractivity contribution in [1.29, 1.82) is 0 Å². The molecule has 1 aliphatic heterocycles. The number of carbonyl (C=O) groups is 2. The number of likely N-dealkylation sites (tertiary alicyclic amines) is 1. The second kappa shape index (κ2) is 6.41. The predicted octanol–water partition coefficient (Wildman–Crippen LogP) is 1.68. The van der Waals surface area contributed by atoms with Crippen LogP contribution in [0.1, 0.15) is 30.1 Å². The molecule has 0 aromatic heterocycles. The van der Waals surface area contributed by atoms with E-state index in [9.17, 15) is 9.59 Å². The SMILES string of the molecule is CCOC(=O)C1CCCN(C(=O)c2ccccc2N)C1. The largest absolute Gasteiger partial charge is 0.466 e. The summed E-state index contributed by atoms with van der Waals surface area (Å²) in [5.41, 5.74) is 6.80. The molecular weight excluding hydrogens is 256 g/mol. The van der Waals surface area contributed by atoms with Crippen LogP contribution in [0.15, 0.2) is 24.3 Å². The van der Waals surface area contributed by atoms with Crippen LogP contribution in [0.5, 0.6) is 0 Å². The van der Waals surface area contributed by atoms with E-state index in [1.807, 2.05) is 0 Å². The number of carbonyl (C=O) groups excluding carboxylic acids is 2. The molecule has 1 fully saturated rings. The van der Waals surface area contributed by atoms with Gasteiger partial charge in [0.15, 0.2) is 0 Å². The van der Waals surface area contributed by atoms with Gasteiger partial charge in [-0.05, 0) is 31.9 Å². The van der Waals surface area contributed by atoms with E-state index in [2.05, 4.69) is 0 Å². The zero-order valence-electron chi connectivity index (χ0n) is 11.7. The lowest BCUT2D eigenvalue weighted by Crippen LogP contribution is -2.43. The van der Waals surface area contributed by atoms with Gasteiger partial charge in [-0.15, -0.1) is 0 Å². The number of nitrogens with zero attached hydrogens (tertiary/aromatic N) is 1. The molecule has 5 nitrogen and oxygen atoms in total. The molecule has 108 valence electrons. The third-order valence-corrected chi connectivity index (χ3v) is 3.52. The van der Waals surface area contributed by atoms with E-state index in [1.54, 1.807) is 36.1 Å². The van der Waals surface area contributed by atoms with Crippen molar-refractivity contribution in [3.8, 4) is 0 Å². The number of hydrogen-bond acceptors (Lipinski definition) is 4. The fourth-order valence-corrected chi connectivity index (χ4v) is 2.48. The van der Waals surface area contributed by atoms with E-state index >= 15 is 0 Å². The zero-order chi connectivity index (χ0) is 14.5. The quantitative estimate of drug-likeness (QED) is 0.673. The summed E-state index contributed by atoms with van der Waals surface area (Å²) in [6, 6.07) is 7.01. The highest BCUT2D eigenvalue weighted by Gasteiger charge is 2.30. The Kier molecular flexibility index (Phi) is 4.61. The minimum atomic E-state index is -0.224.